The van der Waals surface area contributed by atoms with Crippen LogP contribution in [-0.2, 0) is 26.7 Å². The summed E-state index contributed by atoms with van der Waals surface area (Å²) in [6.07, 6.45) is 4.67. The van der Waals surface area contributed by atoms with Crippen LogP contribution in [0.3, 0.4) is 0 Å². The monoisotopic (exact) mass is 530 g/mol. The predicted octanol–water partition coefficient (Wildman–Crippen LogP) is 4.39. The highest BCUT2D eigenvalue weighted by Gasteiger charge is 2.41. The van der Waals surface area contributed by atoms with E-state index in [9.17, 15) is 13.2 Å². The molecule has 0 bridgehead atoms. The molecule has 1 amide bonds. The molecule has 1 aromatic carbocycles. The summed E-state index contributed by atoms with van der Waals surface area (Å²) in [5.41, 5.74) is 2.74. The largest absolute Gasteiger partial charge is 0.487 e. The number of carbonyl (C=O) groups is 1. The Morgan fingerprint density at radius 2 is 1.92 bits per heavy atom. The topological polar surface area (TPSA) is 106 Å². The van der Waals surface area contributed by atoms with Gasteiger partial charge in [-0.15, -0.1) is 0 Å². The van der Waals surface area contributed by atoms with Gasteiger partial charge in [-0.3, -0.25) is 4.98 Å². The van der Waals surface area contributed by atoms with Crippen molar-refractivity contribution in [2.45, 2.75) is 70.3 Å². The first-order valence-electron chi connectivity index (χ1n) is 12.9. The minimum atomic E-state index is -3.31. The van der Waals surface area contributed by atoms with Crippen molar-refractivity contribution in [2.24, 2.45) is 5.92 Å². The number of aryl methyl sites for hydroxylation is 1. The SMILES string of the molecule is C[C@@H](CO)CS(=O)(=O)Cc1ccc(-c2ccc3c(c2)CCC2(CCN(C(=O)OC(C)(C)C)CC2)O3)nc1. The molecule has 0 saturated carbocycles. The molecule has 1 aromatic heterocycles. The van der Waals surface area contributed by atoms with E-state index in [-0.39, 0.29) is 35.7 Å². The van der Waals surface area contributed by atoms with E-state index in [1.165, 1.54) is 0 Å². The lowest BCUT2D eigenvalue weighted by molar-refractivity contribution is -0.0272. The molecule has 3 heterocycles. The number of amides is 1. The van der Waals surface area contributed by atoms with Crippen LogP contribution in [0.4, 0.5) is 4.79 Å². The van der Waals surface area contributed by atoms with Gasteiger partial charge in [-0.05, 0) is 74.9 Å². The molecule has 1 spiro atoms. The van der Waals surface area contributed by atoms with Gasteiger partial charge in [0.15, 0.2) is 9.84 Å². The van der Waals surface area contributed by atoms with Gasteiger partial charge in [0.05, 0.1) is 17.2 Å². The lowest BCUT2D eigenvalue weighted by Gasteiger charge is -2.44. The van der Waals surface area contributed by atoms with E-state index in [2.05, 4.69) is 11.1 Å². The second kappa shape index (κ2) is 10.6. The van der Waals surface area contributed by atoms with Crippen molar-refractivity contribution >= 4 is 15.9 Å². The fraction of sp³-hybridized carbons (Fsp3) is 0.571. The summed E-state index contributed by atoms with van der Waals surface area (Å²) in [7, 11) is -3.31. The molecule has 1 saturated heterocycles. The van der Waals surface area contributed by atoms with Gasteiger partial charge in [-0.1, -0.05) is 13.0 Å². The summed E-state index contributed by atoms with van der Waals surface area (Å²) in [6.45, 7) is 8.43. The average molecular weight is 531 g/mol. The summed E-state index contributed by atoms with van der Waals surface area (Å²) >= 11 is 0. The quantitative estimate of drug-likeness (QED) is 0.591. The van der Waals surface area contributed by atoms with Crippen LogP contribution in [0, 0.1) is 5.92 Å². The number of aliphatic hydroxyl groups excluding tert-OH is 1. The maximum absolute atomic E-state index is 12.4. The van der Waals surface area contributed by atoms with Gasteiger partial charge >= 0.3 is 6.09 Å². The Bertz CT molecular complexity index is 1210. The molecular weight excluding hydrogens is 492 g/mol. The Kier molecular flexibility index (Phi) is 7.85. The molecule has 1 atom stereocenters. The van der Waals surface area contributed by atoms with Gasteiger partial charge in [0.1, 0.15) is 17.0 Å². The number of hydrogen-bond donors (Lipinski definition) is 1. The minimum Gasteiger partial charge on any atom is -0.487 e. The van der Waals surface area contributed by atoms with E-state index < -0.39 is 15.4 Å². The molecular formula is C28H38N2O6S. The molecule has 4 rings (SSSR count). The predicted molar refractivity (Wildman–Crippen MR) is 142 cm³/mol. The van der Waals surface area contributed by atoms with Gasteiger partial charge in [0.25, 0.3) is 0 Å². The smallest absolute Gasteiger partial charge is 0.410 e. The molecule has 1 fully saturated rings. The number of piperidine rings is 1. The molecule has 0 aliphatic carbocycles. The molecule has 0 unspecified atom stereocenters. The molecule has 202 valence electrons. The Balaban J connectivity index is 1.38. The zero-order chi connectivity index (χ0) is 26.8. The lowest BCUT2D eigenvalue weighted by Crippen LogP contribution is -2.52. The molecule has 8 nitrogen and oxygen atoms in total. The average Bonchev–Trinajstić information content (AvgIpc) is 2.83. The summed E-state index contributed by atoms with van der Waals surface area (Å²) in [6, 6.07) is 9.71. The number of fused-ring (bicyclic) bond motifs is 1. The van der Waals surface area contributed by atoms with Crippen LogP contribution in [0.5, 0.6) is 5.75 Å². The zero-order valence-electron chi connectivity index (χ0n) is 22.2. The number of rotatable bonds is 6. The first-order valence-corrected chi connectivity index (χ1v) is 14.8. The van der Waals surface area contributed by atoms with Crippen molar-refractivity contribution in [1.29, 1.82) is 0 Å². The number of carbonyl (C=O) groups excluding carboxylic acids is 1. The number of pyridine rings is 1. The van der Waals surface area contributed by atoms with Gasteiger partial charge in [0, 0.05) is 44.3 Å². The maximum Gasteiger partial charge on any atom is 0.410 e. The maximum atomic E-state index is 12.4. The summed E-state index contributed by atoms with van der Waals surface area (Å²) in [5, 5.41) is 9.14. The zero-order valence-corrected chi connectivity index (χ0v) is 23.0. The Hall–Kier alpha value is -2.65. The first-order chi connectivity index (χ1) is 17.4. The van der Waals surface area contributed by atoms with E-state index in [4.69, 9.17) is 14.6 Å². The fourth-order valence-electron chi connectivity index (χ4n) is 4.94. The van der Waals surface area contributed by atoms with Crippen LogP contribution in [0.2, 0.25) is 0 Å². The third kappa shape index (κ3) is 7.02. The summed E-state index contributed by atoms with van der Waals surface area (Å²) in [4.78, 5) is 18.7. The molecule has 2 aliphatic rings. The van der Waals surface area contributed by atoms with Crippen molar-refractivity contribution in [3.05, 3.63) is 47.7 Å². The molecule has 9 heteroatoms. The van der Waals surface area contributed by atoms with E-state index in [1.807, 2.05) is 39.0 Å². The van der Waals surface area contributed by atoms with Gasteiger partial charge in [0.2, 0.25) is 0 Å². The van der Waals surface area contributed by atoms with Crippen molar-refractivity contribution in [3.8, 4) is 17.0 Å². The minimum absolute atomic E-state index is 0.0450. The Labute approximate surface area is 219 Å². The standard InChI is InChI=1S/C28H38N2O6S/c1-20(17-31)18-37(33,34)19-21-5-7-24(29-16-21)22-6-8-25-23(15-22)9-10-28(35-25)11-13-30(14-12-28)26(32)36-27(2,3)4/h5-8,15-16,20,31H,9-14,17-19H2,1-4H3/t20-/m0/s1. The van der Waals surface area contributed by atoms with Crippen LogP contribution >= 0.6 is 0 Å². The molecule has 2 aromatic rings. The van der Waals surface area contributed by atoms with Crippen molar-refractivity contribution in [3.63, 3.8) is 0 Å². The third-order valence-corrected chi connectivity index (χ3v) is 8.77. The summed E-state index contributed by atoms with van der Waals surface area (Å²) in [5.74, 6) is 0.459. The lowest BCUT2D eigenvalue weighted by atomic mass is 9.83. The summed E-state index contributed by atoms with van der Waals surface area (Å²) < 4.78 is 36.7. The second-order valence-electron chi connectivity index (χ2n) is 11.5. The number of likely N-dealkylation sites (tertiary alicyclic amines) is 1. The highest BCUT2D eigenvalue weighted by Crippen LogP contribution is 2.40. The number of ether oxygens (including phenoxy) is 2. The number of sulfone groups is 1. The van der Waals surface area contributed by atoms with Gasteiger partial charge in [-0.2, -0.15) is 0 Å². The van der Waals surface area contributed by atoms with Crippen LogP contribution in [-0.4, -0.2) is 66.2 Å². The van der Waals surface area contributed by atoms with E-state index >= 15 is 0 Å². The van der Waals surface area contributed by atoms with E-state index in [0.29, 0.717) is 18.7 Å². The molecule has 1 N–H and O–H groups in total. The molecule has 37 heavy (non-hydrogen) atoms. The second-order valence-corrected chi connectivity index (χ2v) is 13.6. The van der Waals surface area contributed by atoms with E-state index in [1.54, 1.807) is 24.1 Å². The Morgan fingerprint density at radius 3 is 2.54 bits per heavy atom. The Morgan fingerprint density at radius 1 is 1.19 bits per heavy atom. The van der Waals surface area contributed by atoms with Gasteiger partial charge in [-0.25, -0.2) is 13.2 Å². The van der Waals surface area contributed by atoms with Crippen LogP contribution in [0.25, 0.3) is 11.3 Å². The van der Waals surface area contributed by atoms with Crippen LogP contribution < -0.4 is 4.74 Å². The first kappa shape index (κ1) is 27.4. The number of benzene rings is 1. The van der Waals surface area contributed by atoms with Crippen molar-refractivity contribution in [2.75, 3.05) is 25.4 Å². The number of aromatic nitrogens is 1. The van der Waals surface area contributed by atoms with Crippen molar-refractivity contribution in [1.82, 2.24) is 9.88 Å². The number of nitrogens with zero attached hydrogens (tertiary/aromatic N) is 2. The van der Waals surface area contributed by atoms with E-state index in [0.717, 1.165) is 48.3 Å². The van der Waals surface area contributed by atoms with Crippen LogP contribution in [0.15, 0.2) is 36.5 Å². The fourth-order valence-corrected chi connectivity index (χ4v) is 6.70. The number of aliphatic hydroxyl groups is 1. The third-order valence-electron chi connectivity index (χ3n) is 6.92. The normalized spacial score (nSPS) is 18.1. The molecule has 2 aliphatic heterocycles. The molecule has 0 radical (unpaired) electrons. The van der Waals surface area contributed by atoms with Gasteiger partial charge < -0.3 is 19.5 Å². The van der Waals surface area contributed by atoms with Crippen LogP contribution in [0.1, 0.15) is 58.1 Å². The number of hydrogen-bond acceptors (Lipinski definition) is 7. The highest BCUT2D eigenvalue weighted by molar-refractivity contribution is 7.90. The highest BCUT2D eigenvalue weighted by atomic mass is 32.2. The van der Waals surface area contributed by atoms with Crippen molar-refractivity contribution < 1.29 is 27.8 Å².